The van der Waals surface area contributed by atoms with E-state index in [9.17, 15) is 0 Å². The molecule has 32 heavy (non-hydrogen) atoms. The summed E-state index contributed by atoms with van der Waals surface area (Å²) in [6, 6.07) is 14.6. The monoisotopic (exact) mass is 434 g/mol. The van der Waals surface area contributed by atoms with Gasteiger partial charge < -0.3 is 16.2 Å². The molecule has 0 amide bonds. The Balaban J connectivity index is 0.00000249. The number of hydrogen-bond acceptors (Lipinski definition) is 3. The first-order valence-electron chi connectivity index (χ1n) is 11.7. The lowest BCUT2D eigenvalue weighted by Crippen LogP contribution is -2.10. The molecule has 2 aromatic carbocycles. The quantitative estimate of drug-likeness (QED) is 0.320. The lowest BCUT2D eigenvalue weighted by molar-refractivity contribution is 0.328. The third-order valence-electron chi connectivity index (χ3n) is 5.17. The Bertz CT molecular complexity index is 919. The van der Waals surface area contributed by atoms with Gasteiger partial charge in [0.15, 0.2) is 0 Å². The van der Waals surface area contributed by atoms with Crippen LogP contribution in [0.5, 0.6) is 5.75 Å². The van der Waals surface area contributed by atoms with E-state index in [0.717, 1.165) is 17.0 Å². The molecular weight excluding hydrogens is 392 g/mol. The molecule has 4 N–H and O–H groups in total. The van der Waals surface area contributed by atoms with Crippen LogP contribution in [-0.2, 0) is 0 Å². The van der Waals surface area contributed by atoms with Crippen molar-refractivity contribution in [3.8, 4) is 5.75 Å². The molecule has 0 unspecified atom stereocenters. The molecule has 174 valence electrons. The maximum Gasteiger partial charge on any atom is 0.119 e. The fourth-order valence-corrected chi connectivity index (χ4v) is 3.81. The minimum absolute atomic E-state index is 0.337. The highest BCUT2D eigenvalue weighted by Gasteiger charge is 2.18. The van der Waals surface area contributed by atoms with Crippen molar-refractivity contribution in [2.24, 2.45) is 11.7 Å². The minimum Gasteiger partial charge on any atom is -0.492 e. The lowest BCUT2D eigenvalue weighted by Gasteiger charge is -2.22. The van der Waals surface area contributed by atoms with Crippen molar-refractivity contribution in [1.82, 2.24) is 0 Å². The Kier molecular flexibility index (Phi) is 11.6. The van der Waals surface area contributed by atoms with Gasteiger partial charge in [0.05, 0.1) is 0 Å². The van der Waals surface area contributed by atoms with Gasteiger partial charge in [0.1, 0.15) is 12.4 Å². The predicted octanol–water partition coefficient (Wildman–Crippen LogP) is 7.35. The van der Waals surface area contributed by atoms with Gasteiger partial charge in [-0.25, -0.2) is 0 Å². The number of anilines is 1. The second-order valence-corrected chi connectivity index (χ2v) is 8.19. The average molecular weight is 435 g/mol. The molecule has 2 rings (SSSR count). The Morgan fingerprint density at radius 3 is 2.09 bits per heavy atom. The van der Waals surface area contributed by atoms with Gasteiger partial charge in [-0.2, -0.15) is 0 Å². The molecule has 0 aromatic heterocycles. The number of ether oxygens (including phenoxy) is 1. The highest BCUT2D eigenvalue weighted by Crippen LogP contribution is 2.37. The van der Waals surface area contributed by atoms with Gasteiger partial charge in [-0.15, -0.1) is 0 Å². The number of allylic oxidation sites excluding steroid dienone is 4. The predicted molar refractivity (Wildman–Crippen MR) is 142 cm³/mol. The van der Waals surface area contributed by atoms with E-state index in [1.54, 1.807) is 0 Å². The summed E-state index contributed by atoms with van der Waals surface area (Å²) in [6.07, 6.45) is 3.93. The van der Waals surface area contributed by atoms with Crippen LogP contribution in [0.1, 0.15) is 71.1 Å². The molecule has 0 aliphatic rings. The molecule has 0 saturated heterocycles. The number of nitrogens with two attached hydrogens (primary N) is 2. The molecule has 0 radical (unpaired) electrons. The highest BCUT2D eigenvalue weighted by atomic mass is 16.5. The second-order valence-electron chi connectivity index (χ2n) is 8.19. The van der Waals surface area contributed by atoms with Gasteiger partial charge in [-0.3, -0.25) is 0 Å². The number of benzene rings is 2. The van der Waals surface area contributed by atoms with E-state index < -0.39 is 0 Å². The first-order chi connectivity index (χ1) is 15.3. The Labute approximate surface area is 195 Å². The van der Waals surface area contributed by atoms with Crippen molar-refractivity contribution in [2.75, 3.05) is 18.9 Å². The van der Waals surface area contributed by atoms with Gasteiger partial charge in [0.2, 0.25) is 0 Å². The first kappa shape index (κ1) is 27.3. The topological polar surface area (TPSA) is 61.3 Å². The van der Waals surface area contributed by atoms with Crippen LogP contribution in [0.3, 0.4) is 0 Å². The summed E-state index contributed by atoms with van der Waals surface area (Å²) < 4.78 is 5.67. The molecule has 0 saturated carbocycles. The van der Waals surface area contributed by atoms with Crippen molar-refractivity contribution in [1.29, 1.82) is 0 Å². The van der Waals surface area contributed by atoms with Crippen LogP contribution in [0, 0.1) is 5.92 Å². The van der Waals surface area contributed by atoms with E-state index >= 15 is 0 Å². The smallest absolute Gasteiger partial charge is 0.119 e. The van der Waals surface area contributed by atoms with Crippen molar-refractivity contribution < 1.29 is 4.74 Å². The second kappa shape index (κ2) is 13.6. The molecule has 0 atom stereocenters. The van der Waals surface area contributed by atoms with E-state index in [2.05, 4.69) is 71.5 Å². The largest absolute Gasteiger partial charge is 0.492 e. The third kappa shape index (κ3) is 7.13. The molecule has 0 bridgehead atoms. The van der Waals surface area contributed by atoms with Gasteiger partial charge in [-0.05, 0) is 76.4 Å². The molecular formula is C29H42N2O. The van der Waals surface area contributed by atoms with E-state index in [1.165, 1.54) is 27.8 Å². The van der Waals surface area contributed by atoms with Crippen molar-refractivity contribution in [2.45, 2.75) is 54.4 Å². The van der Waals surface area contributed by atoms with Crippen LogP contribution in [0.4, 0.5) is 5.69 Å². The number of nitrogen functional groups attached to an aromatic ring is 1. The minimum atomic E-state index is 0.337. The van der Waals surface area contributed by atoms with Gasteiger partial charge in [0.25, 0.3) is 0 Å². The van der Waals surface area contributed by atoms with Gasteiger partial charge in [0, 0.05) is 12.2 Å². The molecule has 0 aliphatic carbocycles. The molecule has 0 spiro atoms. The summed E-state index contributed by atoms with van der Waals surface area (Å²) in [7, 11) is 0. The van der Waals surface area contributed by atoms with Crippen molar-refractivity contribution in [3.05, 3.63) is 89.0 Å². The van der Waals surface area contributed by atoms with Crippen molar-refractivity contribution >= 4 is 11.3 Å². The summed E-state index contributed by atoms with van der Waals surface area (Å²) in [5.74, 6) is 1.52. The van der Waals surface area contributed by atoms with E-state index in [0.29, 0.717) is 25.0 Å². The number of hydrogen-bond donors (Lipinski definition) is 2. The first-order valence-corrected chi connectivity index (χ1v) is 11.7. The maximum atomic E-state index is 6.27. The van der Waals surface area contributed by atoms with E-state index in [1.807, 2.05) is 38.1 Å². The molecule has 0 heterocycles. The normalized spacial score (nSPS) is 12.2. The molecule has 3 heteroatoms. The zero-order valence-electron chi connectivity index (χ0n) is 21.0. The molecule has 0 aliphatic heterocycles. The standard InChI is InChI=1S/C27H36N2O.C2H6/c1-7-8-20(6)26(19(4)5)27(21-9-12-23(13-10-21)30-16-15-28)22-11-14-25(29)24(17-22)18(2)3;1-2/h7-14,17-19H,1,15-16,28-29H2,2-6H3;1-2H3/b20-8+,27-26+;. The SMILES string of the molecule is C=C/C=C(C)/C(=C(\c1ccc(OCCN)cc1)c1ccc(N)c(C(C)C)c1)C(C)C.CC. The summed E-state index contributed by atoms with van der Waals surface area (Å²) in [5, 5.41) is 0. The molecule has 3 nitrogen and oxygen atoms in total. The van der Waals surface area contributed by atoms with Gasteiger partial charge in [-0.1, -0.05) is 78.5 Å². The zero-order chi connectivity index (χ0) is 24.3. The van der Waals surface area contributed by atoms with Crippen LogP contribution in [0.15, 0.2) is 72.3 Å². The van der Waals surface area contributed by atoms with Crippen LogP contribution >= 0.6 is 0 Å². The summed E-state index contributed by atoms with van der Waals surface area (Å²) in [5.41, 5.74) is 19.9. The van der Waals surface area contributed by atoms with Crippen LogP contribution in [-0.4, -0.2) is 13.2 Å². The molecule has 0 fully saturated rings. The van der Waals surface area contributed by atoms with Crippen LogP contribution in [0.2, 0.25) is 0 Å². The van der Waals surface area contributed by atoms with E-state index in [4.69, 9.17) is 16.2 Å². The summed E-state index contributed by atoms with van der Waals surface area (Å²) in [4.78, 5) is 0. The summed E-state index contributed by atoms with van der Waals surface area (Å²) >= 11 is 0. The third-order valence-corrected chi connectivity index (χ3v) is 5.17. The van der Waals surface area contributed by atoms with Crippen LogP contribution in [0.25, 0.3) is 5.57 Å². The average Bonchev–Trinajstić information content (AvgIpc) is 2.78. The van der Waals surface area contributed by atoms with Gasteiger partial charge >= 0.3 is 0 Å². The fourth-order valence-electron chi connectivity index (χ4n) is 3.81. The highest BCUT2D eigenvalue weighted by molar-refractivity contribution is 5.86. The fraction of sp³-hybridized carbons (Fsp3) is 0.379. The number of rotatable bonds is 9. The Morgan fingerprint density at radius 1 is 1.00 bits per heavy atom. The lowest BCUT2D eigenvalue weighted by atomic mass is 9.83. The maximum absolute atomic E-state index is 6.27. The zero-order valence-corrected chi connectivity index (χ0v) is 21.0. The van der Waals surface area contributed by atoms with E-state index in [-0.39, 0.29) is 0 Å². The van der Waals surface area contributed by atoms with Crippen LogP contribution < -0.4 is 16.2 Å². The Hall–Kier alpha value is -2.78. The van der Waals surface area contributed by atoms with Crippen molar-refractivity contribution in [3.63, 3.8) is 0 Å². The Morgan fingerprint density at radius 2 is 1.59 bits per heavy atom. The molecule has 2 aromatic rings. The summed E-state index contributed by atoms with van der Waals surface area (Å²) in [6.45, 7) is 19.9.